The zero-order valence-corrected chi connectivity index (χ0v) is 13.6. The number of hydrogen-bond donors (Lipinski definition) is 3. The van der Waals surface area contributed by atoms with Crippen LogP contribution in [-0.4, -0.2) is 23.7 Å². The maximum Gasteiger partial charge on any atom is 0.319 e. The van der Waals surface area contributed by atoms with Crippen LogP contribution in [0.1, 0.15) is 19.3 Å². The number of hydrogen-bond acceptors (Lipinski definition) is 2. The van der Waals surface area contributed by atoms with Gasteiger partial charge in [-0.25, -0.2) is 4.79 Å². The molecule has 1 aliphatic rings. The molecule has 0 spiro atoms. The Bertz CT molecular complexity index is 553. The van der Waals surface area contributed by atoms with Gasteiger partial charge in [0.1, 0.15) is 0 Å². The summed E-state index contributed by atoms with van der Waals surface area (Å²) in [4.78, 5) is 23.0. The molecular formula is C14H16BrClN2O3. The molecule has 3 N–H and O–H groups in total. The molecule has 0 heterocycles. The molecule has 0 aromatic heterocycles. The lowest BCUT2D eigenvalue weighted by Crippen LogP contribution is -2.35. The van der Waals surface area contributed by atoms with Gasteiger partial charge in [-0.15, -0.1) is 0 Å². The third kappa shape index (κ3) is 4.11. The Labute approximate surface area is 136 Å². The third-order valence-electron chi connectivity index (χ3n) is 3.70. The smallest absolute Gasteiger partial charge is 0.319 e. The summed E-state index contributed by atoms with van der Waals surface area (Å²) in [6.45, 7) is 0.362. The highest BCUT2D eigenvalue weighted by molar-refractivity contribution is 9.10. The van der Waals surface area contributed by atoms with Gasteiger partial charge in [0, 0.05) is 6.54 Å². The molecule has 1 fully saturated rings. The first-order valence-corrected chi connectivity index (χ1v) is 7.88. The molecule has 2 unspecified atom stereocenters. The first-order chi connectivity index (χ1) is 9.99. The van der Waals surface area contributed by atoms with Crippen molar-refractivity contribution < 1.29 is 14.7 Å². The molecule has 0 radical (unpaired) electrons. The molecule has 2 rings (SSSR count). The summed E-state index contributed by atoms with van der Waals surface area (Å²) in [7, 11) is 0. The van der Waals surface area contributed by atoms with Crippen LogP contribution in [0.25, 0.3) is 0 Å². The summed E-state index contributed by atoms with van der Waals surface area (Å²) in [6, 6.07) is 4.81. The van der Waals surface area contributed by atoms with Crippen LogP contribution < -0.4 is 10.6 Å². The van der Waals surface area contributed by atoms with E-state index in [2.05, 4.69) is 26.6 Å². The number of benzene rings is 1. The Morgan fingerprint density at radius 2 is 2.14 bits per heavy atom. The summed E-state index contributed by atoms with van der Waals surface area (Å²) in [5.74, 6) is -1.14. The fourth-order valence-electron chi connectivity index (χ4n) is 2.60. The van der Waals surface area contributed by atoms with E-state index in [-0.39, 0.29) is 17.9 Å². The molecule has 1 aromatic carbocycles. The fourth-order valence-corrected chi connectivity index (χ4v) is 3.13. The van der Waals surface area contributed by atoms with E-state index in [4.69, 9.17) is 16.7 Å². The van der Waals surface area contributed by atoms with Crippen molar-refractivity contribution in [2.45, 2.75) is 19.3 Å². The SMILES string of the molecule is O=C(NCC1CCCC1C(=O)O)Nc1cccc(Cl)c1Br. The number of urea groups is 1. The van der Waals surface area contributed by atoms with E-state index in [1.807, 2.05) is 0 Å². The fraction of sp³-hybridized carbons (Fsp3) is 0.429. The topological polar surface area (TPSA) is 78.4 Å². The van der Waals surface area contributed by atoms with Crippen molar-refractivity contribution >= 4 is 45.2 Å². The van der Waals surface area contributed by atoms with Gasteiger partial charge in [-0.1, -0.05) is 24.1 Å². The van der Waals surface area contributed by atoms with E-state index in [1.54, 1.807) is 18.2 Å². The van der Waals surface area contributed by atoms with Crippen molar-refractivity contribution in [3.63, 3.8) is 0 Å². The first-order valence-electron chi connectivity index (χ1n) is 6.70. The van der Waals surface area contributed by atoms with Gasteiger partial charge < -0.3 is 15.7 Å². The normalized spacial score (nSPS) is 21.0. The van der Waals surface area contributed by atoms with Crippen LogP contribution >= 0.6 is 27.5 Å². The predicted octanol–water partition coefficient (Wildman–Crippen LogP) is 3.72. The van der Waals surface area contributed by atoms with Gasteiger partial charge in [-0.3, -0.25) is 4.79 Å². The van der Waals surface area contributed by atoms with Crippen molar-refractivity contribution in [2.24, 2.45) is 11.8 Å². The van der Waals surface area contributed by atoms with E-state index >= 15 is 0 Å². The van der Waals surface area contributed by atoms with E-state index in [0.29, 0.717) is 28.1 Å². The lowest BCUT2D eigenvalue weighted by molar-refractivity contribution is -0.142. The van der Waals surface area contributed by atoms with Crippen molar-refractivity contribution in [3.8, 4) is 0 Å². The highest BCUT2D eigenvalue weighted by atomic mass is 79.9. The minimum Gasteiger partial charge on any atom is -0.481 e. The quantitative estimate of drug-likeness (QED) is 0.750. The number of carboxylic acids is 1. The molecule has 2 amide bonds. The molecule has 21 heavy (non-hydrogen) atoms. The number of rotatable bonds is 4. The number of carbonyl (C=O) groups is 2. The van der Waals surface area contributed by atoms with E-state index in [0.717, 1.165) is 12.8 Å². The average Bonchev–Trinajstić information content (AvgIpc) is 2.90. The highest BCUT2D eigenvalue weighted by Gasteiger charge is 2.32. The molecular weight excluding hydrogens is 360 g/mol. The maximum atomic E-state index is 11.9. The largest absolute Gasteiger partial charge is 0.481 e. The molecule has 0 aliphatic heterocycles. The molecule has 1 saturated carbocycles. The Balaban J connectivity index is 1.88. The molecule has 0 saturated heterocycles. The second-order valence-corrected chi connectivity index (χ2v) is 6.27. The number of aliphatic carboxylic acids is 1. The zero-order chi connectivity index (χ0) is 15.4. The van der Waals surface area contributed by atoms with Crippen molar-refractivity contribution in [1.29, 1.82) is 0 Å². The molecule has 1 aromatic rings. The van der Waals surface area contributed by atoms with Crippen LogP contribution in [0.4, 0.5) is 10.5 Å². The standard InChI is InChI=1S/C14H16BrClN2O3/c15-12-10(16)5-2-6-11(12)18-14(21)17-7-8-3-1-4-9(8)13(19)20/h2,5-6,8-9H,1,3-4,7H2,(H,19,20)(H2,17,18,21). The van der Waals surface area contributed by atoms with Crippen LogP contribution in [0, 0.1) is 11.8 Å². The van der Waals surface area contributed by atoms with Crippen molar-refractivity contribution in [2.75, 3.05) is 11.9 Å². The molecule has 2 atom stereocenters. The van der Waals surface area contributed by atoms with Crippen molar-refractivity contribution in [1.82, 2.24) is 5.32 Å². The van der Waals surface area contributed by atoms with Crippen LogP contribution in [-0.2, 0) is 4.79 Å². The monoisotopic (exact) mass is 374 g/mol. The number of carbonyl (C=O) groups excluding carboxylic acids is 1. The third-order valence-corrected chi connectivity index (χ3v) is 5.10. The minimum absolute atomic E-state index is 0.00366. The average molecular weight is 376 g/mol. The molecule has 0 bridgehead atoms. The molecule has 7 heteroatoms. The van der Waals surface area contributed by atoms with Gasteiger partial charge in [-0.05, 0) is 46.8 Å². The van der Waals surface area contributed by atoms with Crippen LogP contribution in [0.2, 0.25) is 5.02 Å². The van der Waals surface area contributed by atoms with Crippen molar-refractivity contribution in [3.05, 3.63) is 27.7 Å². The summed E-state index contributed by atoms with van der Waals surface area (Å²) in [5.41, 5.74) is 0.571. The number of anilines is 1. The number of carboxylic acid groups (broad SMARTS) is 1. The molecule has 5 nitrogen and oxygen atoms in total. The van der Waals surface area contributed by atoms with Gasteiger partial charge in [-0.2, -0.15) is 0 Å². The van der Waals surface area contributed by atoms with Gasteiger partial charge in [0.2, 0.25) is 0 Å². The van der Waals surface area contributed by atoms with E-state index in [9.17, 15) is 9.59 Å². The Morgan fingerprint density at radius 1 is 1.38 bits per heavy atom. The predicted molar refractivity (Wildman–Crippen MR) is 84.6 cm³/mol. The zero-order valence-electron chi connectivity index (χ0n) is 11.2. The van der Waals surface area contributed by atoms with Gasteiger partial charge in [0.25, 0.3) is 0 Å². The number of amides is 2. The minimum atomic E-state index is -0.780. The summed E-state index contributed by atoms with van der Waals surface area (Å²) in [5, 5.41) is 15.0. The summed E-state index contributed by atoms with van der Waals surface area (Å²) in [6.07, 6.45) is 2.41. The lowest BCUT2D eigenvalue weighted by Gasteiger charge is -2.17. The van der Waals surface area contributed by atoms with Crippen LogP contribution in [0.5, 0.6) is 0 Å². The van der Waals surface area contributed by atoms with Gasteiger partial charge in [0.05, 0.1) is 21.1 Å². The van der Waals surface area contributed by atoms with Crippen LogP contribution in [0.3, 0.4) is 0 Å². The number of nitrogens with one attached hydrogen (secondary N) is 2. The van der Waals surface area contributed by atoms with Gasteiger partial charge >= 0.3 is 12.0 Å². The Hall–Kier alpha value is -1.27. The number of halogens is 2. The van der Waals surface area contributed by atoms with Gasteiger partial charge in [0.15, 0.2) is 0 Å². The lowest BCUT2D eigenvalue weighted by atomic mass is 9.96. The second-order valence-electron chi connectivity index (χ2n) is 5.07. The van der Waals surface area contributed by atoms with E-state index in [1.165, 1.54) is 0 Å². The second kappa shape index (κ2) is 7.13. The Kier molecular flexibility index (Phi) is 5.47. The Morgan fingerprint density at radius 3 is 2.86 bits per heavy atom. The van der Waals surface area contributed by atoms with Crippen LogP contribution in [0.15, 0.2) is 22.7 Å². The summed E-state index contributed by atoms with van der Waals surface area (Å²) < 4.78 is 0.617. The maximum absolute atomic E-state index is 11.9. The summed E-state index contributed by atoms with van der Waals surface area (Å²) >= 11 is 9.25. The first kappa shape index (κ1) is 16.1. The molecule has 114 valence electrons. The van der Waals surface area contributed by atoms with E-state index < -0.39 is 5.97 Å². The highest BCUT2D eigenvalue weighted by Crippen LogP contribution is 2.32. The molecule has 1 aliphatic carbocycles.